The molecule has 0 saturated carbocycles. The van der Waals surface area contributed by atoms with Gasteiger partial charge in [0.05, 0.1) is 0 Å². The van der Waals surface area contributed by atoms with Crippen molar-refractivity contribution in [3.8, 4) is 0 Å². The zero-order valence-corrected chi connectivity index (χ0v) is 11.1. The number of piperazine rings is 1. The summed E-state index contributed by atoms with van der Waals surface area (Å²) in [5, 5.41) is 3.32. The van der Waals surface area contributed by atoms with Gasteiger partial charge in [0.1, 0.15) is 0 Å². The molecule has 2 nitrogen and oxygen atoms in total. The second kappa shape index (κ2) is 7.07. The van der Waals surface area contributed by atoms with Gasteiger partial charge in [0.15, 0.2) is 0 Å². The maximum Gasteiger partial charge on any atom is 0.288 e. The van der Waals surface area contributed by atoms with Crippen LogP contribution in [0.4, 0.5) is 8.78 Å². The van der Waals surface area contributed by atoms with Gasteiger partial charge < -0.3 is 10.2 Å². The Labute approximate surface area is 111 Å². The normalized spacial score (nSPS) is 17.3. The van der Waals surface area contributed by atoms with E-state index >= 15 is 0 Å². The summed E-state index contributed by atoms with van der Waals surface area (Å²) >= 11 is 0.601. The topological polar surface area (TPSA) is 15.3 Å². The highest BCUT2D eigenvalue weighted by atomic mass is 32.2. The van der Waals surface area contributed by atoms with Crippen LogP contribution in [-0.2, 0) is 6.42 Å². The molecular formula is C13H18F2N2S. The number of nitrogens with one attached hydrogen (secondary N) is 1. The van der Waals surface area contributed by atoms with E-state index in [2.05, 4.69) is 10.2 Å². The molecule has 0 aromatic heterocycles. The smallest absolute Gasteiger partial charge is 0.288 e. The van der Waals surface area contributed by atoms with E-state index in [1.165, 1.54) is 5.56 Å². The van der Waals surface area contributed by atoms with Crippen LogP contribution in [0.25, 0.3) is 0 Å². The predicted molar refractivity (Wildman–Crippen MR) is 71.3 cm³/mol. The molecule has 1 aromatic rings. The fraction of sp³-hybridized carbons (Fsp3) is 0.538. The van der Waals surface area contributed by atoms with E-state index in [4.69, 9.17) is 0 Å². The lowest BCUT2D eigenvalue weighted by molar-refractivity contribution is 0.244. The molecule has 1 heterocycles. The van der Waals surface area contributed by atoms with Gasteiger partial charge in [-0.1, -0.05) is 23.9 Å². The Bertz CT molecular complexity index is 351. The van der Waals surface area contributed by atoms with Gasteiger partial charge in [0.25, 0.3) is 5.76 Å². The van der Waals surface area contributed by atoms with E-state index < -0.39 is 5.76 Å². The highest BCUT2D eigenvalue weighted by molar-refractivity contribution is 7.99. The molecule has 1 aromatic carbocycles. The molecule has 5 heteroatoms. The SMILES string of the molecule is FC(F)Sc1ccc(CCN2CCNCC2)cc1. The van der Waals surface area contributed by atoms with Crippen molar-refractivity contribution >= 4 is 11.8 Å². The van der Waals surface area contributed by atoms with Gasteiger partial charge in [-0.3, -0.25) is 0 Å². The lowest BCUT2D eigenvalue weighted by atomic mass is 10.1. The summed E-state index contributed by atoms with van der Waals surface area (Å²) in [7, 11) is 0. The van der Waals surface area contributed by atoms with Gasteiger partial charge in [0, 0.05) is 37.6 Å². The van der Waals surface area contributed by atoms with Crippen molar-refractivity contribution in [3.05, 3.63) is 29.8 Å². The molecule has 2 rings (SSSR count). The molecule has 18 heavy (non-hydrogen) atoms. The average Bonchev–Trinajstić information content (AvgIpc) is 2.38. The minimum absolute atomic E-state index is 0.601. The summed E-state index contributed by atoms with van der Waals surface area (Å²) in [4.78, 5) is 3.06. The second-order valence-electron chi connectivity index (χ2n) is 4.36. The molecule has 0 spiro atoms. The van der Waals surface area contributed by atoms with E-state index in [0.29, 0.717) is 16.7 Å². The van der Waals surface area contributed by atoms with Crippen molar-refractivity contribution < 1.29 is 8.78 Å². The monoisotopic (exact) mass is 272 g/mol. The Hall–Kier alpha value is -0.650. The van der Waals surface area contributed by atoms with E-state index in [-0.39, 0.29) is 0 Å². The summed E-state index contributed by atoms with van der Waals surface area (Å²) < 4.78 is 24.3. The Balaban J connectivity index is 1.78. The number of hydrogen-bond acceptors (Lipinski definition) is 3. The van der Waals surface area contributed by atoms with Gasteiger partial charge in [-0.05, 0) is 24.1 Å². The highest BCUT2D eigenvalue weighted by Crippen LogP contribution is 2.25. The number of halogens is 2. The molecule has 1 N–H and O–H groups in total. The molecule has 100 valence electrons. The second-order valence-corrected chi connectivity index (χ2v) is 5.43. The van der Waals surface area contributed by atoms with E-state index in [9.17, 15) is 8.78 Å². The molecule has 0 aliphatic carbocycles. The first-order chi connectivity index (χ1) is 8.74. The quantitative estimate of drug-likeness (QED) is 0.829. The van der Waals surface area contributed by atoms with Crippen LogP contribution in [0.2, 0.25) is 0 Å². The van der Waals surface area contributed by atoms with Gasteiger partial charge in [-0.15, -0.1) is 0 Å². The summed E-state index contributed by atoms with van der Waals surface area (Å²) in [5.74, 6) is -2.34. The van der Waals surface area contributed by atoms with Crippen LogP contribution in [-0.4, -0.2) is 43.4 Å². The van der Waals surface area contributed by atoms with E-state index in [1.54, 1.807) is 12.1 Å². The van der Waals surface area contributed by atoms with Crippen LogP contribution in [0.15, 0.2) is 29.2 Å². The fourth-order valence-electron chi connectivity index (χ4n) is 2.06. The predicted octanol–water partition coefficient (Wildman–Crippen LogP) is 2.45. The van der Waals surface area contributed by atoms with E-state index in [0.717, 1.165) is 39.1 Å². The maximum absolute atomic E-state index is 12.2. The van der Waals surface area contributed by atoms with Crippen molar-refractivity contribution in [1.29, 1.82) is 0 Å². The van der Waals surface area contributed by atoms with Crippen molar-refractivity contribution in [3.63, 3.8) is 0 Å². The first-order valence-electron chi connectivity index (χ1n) is 6.21. The molecule has 1 saturated heterocycles. The van der Waals surface area contributed by atoms with Gasteiger partial charge in [-0.2, -0.15) is 8.78 Å². The van der Waals surface area contributed by atoms with Crippen molar-refractivity contribution in [2.75, 3.05) is 32.7 Å². The van der Waals surface area contributed by atoms with Gasteiger partial charge >= 0.3 is 0 Å². The van der Waals surface area contributed by atoms with E-state index in [1.807, 2.05) is 12.1 Å². The molecule has 0 amide bonds. The molecule has 0 radical (unpaired) electrons. The molecule has 1 aliphatic rings. The van der Waals surface area contributed by atoms with Crippen molar-refractivity contribution in [2.24, 2.45) is 0 Å². The summed E-state index contributed by atoms with van der Waals surface area (Å²) in [6.45, 7) is 5.36. The van der Waals surface area contributed by atoms with Gasteiger partial charge in [-0.25, -0.2) is 0 Å². The third kappa shape index (κ3) is 4.55. The fourth-order valence-corrected chi connectivity index (χ4v) is 2.56. The van der Waals surface area contributed by atoms with Crippen LogP contribution >= 0.6 is 11.8 Å². The van der Waals surface area contributed by atoms with Crippen molar-refractivity contribution in [1.82, 2.24) is 10.2 Å². The highest BCUT2D eigenvalue weighted by Gasteiger charge is 2.09. The van der Waals surface area contributed by atoms with Crippen LogP contribution in [0.5, 0.6) is 0 Å². The molecular weight excluding hydrogens is 254 g/mol. The van der Waals surface area contributed by atoms with Crippen LogP contribution in [0.1, 0.15) is 5.56 Å². The largest absolute Gasteiger partial charge is 0.314 e. The molecule has 1 fully saturated rings. The lowest BCUT2D eigenvalue weighted by Crippen LogP contribution is -2.44. The maximum atomic E-state index is 12.2. The van der Waals surface area contributed by atoms with Crippen molar-refractivity contribution in [2.45, 2.75) is 17.1 Å². The Morgan fingerprint density at radius 1 is 1.17 bits per heavy atom. The summed E-state index contributed by atoms with van der Waals surface area (Å²) in [5.41, 5.74) is 1.21. The third-order valence-corrected chi connectivity index (χ3v) is 3.80. The third-order valence-electron chi connectivity index (χ3n) is 3.07. The number of rotatable bonds is 5. The zero-order chi connectivity index (χ0) is 12.8. The Morgan fingerprint density at radius 2 is 1.83 bits per heavy atom. The number of alkyl halides is 2. The minimum Gasteiger partial charge on any atom is -0.314 e. The minimum atomic E-state index is -2.34. The zero-order valence-electron chi connectivity index (χ0n) is 10.2. The van der Waals surface area contributed by atoms with Gasteiger partial charge in [0.2, 0.25) is 0 Å². The summed E-state index contributed by atoms with van der Waals surface area (Å²) in [6.07, 6.45) is 0.986. The number of nitrogens with zero attached hydrogens (tertiary/aromatic N) is 1. The first-order valence-corrected chi connectivity index (χ1v) is 7.09. The first kappa shape index (κ1) is 13.8. The summed E-state index contributed by atoms with van der Waals surface area (Å²) in [6, 6.07) is 7.47. The molecule has 1 aliphatic heterocycles. The molecule has 0 atom stereocenters. The molecule has 0 bridgehead atoms. The lowest BCUT2D eigenvalue weighted by Gasteiger charge is -2.27. The number of benzene rings is 1. The average molecular weight is 272 g/mol. The Morgan fingerprint density at radius 3 is 2.44 bits per heavy atom. The van der Waals surface area contributed by atoms with Crippen LogP contribution < -0.4 is 5.32 Å². The number of hydrogen-bond donors (Lipinski definition) is 1. The molecule has 0 unspecified atom stereocenters. The van der Waals surface area contributed by atoms with Crippen LogP contribution in [0, 0.1) is 0 Å². The Kier molecular flexibility index (Phi) is 5.41. The standard InChI is InChI=1S/C13H18F2N2S/c14-13(15)18-12-3-1-11(2-4-12)5-8-17-9-6-16-7-10-17/h1-4,13,16H,5-10H2. The number of thioether (sulfide) groups is 1. The van der Waals surface area contributed by atoms with Crippen LogP contribution in [0.3, 0.4) is 0 Å².